The maximum Gasteiger partial charge on any atom is 0.198 e. The SMILES string of the molecule is COc1c(C(=O)c2cc(F)ccc2N)ccc(C)c1C. The number of ether oxygens (including phenoxy) is 1. The number of ketones is 1. The van der Waals surface area contributed by atoms with Gasteiger partial charge in [0.25, 0.3) is 0 Å². The van der Waals surface area contributed by atoms with E-state index in [9.17, 15) is 9.18 Å². The fourth-order valence-corrected chi connectivity index (χ4v) is 2.10. The van der Waals surface area contributed by atoms with Crippen molar-refractivity contribution in [3.8, 4) is 5.75 Å². The molecule has 0 spiro atoms. The molecule has 2 aromatic rings. The summed E-state index contributed by atoms with van der Waals surface area (Å²) >= 11 is 0. The minimum atomic E-state index is -0.495. The lowest BCUT2D eigenvalue weighted by atomic mass is 9.96. The number of methoxy groups -OCH3 is 1. The molecule has 0 atom stereocenters. The van der Waals surface area contributed by atoms with E-state index < -0.39 is 5.82 Å². The molecule has 2 rings (SSSR count). The Morgan fingerprint density at radius 2 is 1.85 bits per heavy atom. The van der Waals surface area contributed by atoms with Gasteiger partial charge < -0.3 is 10.5 Å². The number of hydrogen-bond donors (Lipinski definition) is 1. The summed E-state index contributed by atoms with van der Waals surface area (Å²) in [5.41, 5.74) is 8.43. The van der Waals surface area contributed by atoms with E-state index in [4.69, 9.17) is 10.5 Å². The van der Waals surface area contributed by atoms with Crippen molar-refractivity contribution >= 4 is 11.5 Å². The first-order valence-corrected chi connectivity index (χ1v) is 6.19. The first-order chi connectivity index (χ1) is 9.45. The van der Waals surface area contributed by atoms with E-state index in [0.29, 0.717) is 11.3 Å². The highest BCUT2D eigenvalue weighted by molar-refractivity contribution is 6.13. The average molecular weight is 273 g/mol. The third kappa shape index (κ3) is 2.37. The third-order valence-corrected chi connectivity index (χ3v) is 3.39. The normalized spacial score (nSPS) is 10.4. The molecular weight excluding hydrogens is 257 g/mol. The molecular formula is C16H16FNO2. The Hall–Kier alpha value is -2.36. The summed E-state index contributed by atoms with van der Waals surface area (Å²) in [6.45, 7) is 3.81. The predicted molar refractivity (Wildman–Crippen MR) is 76.7 cm³/mol. The molecule has 0 fully saturated rings. The minimum Gasteiger partial charge on any atom is -0.496 e. The molecule has 0 unspecified atom stereocenters. The highest BCUT2D eigenvalue weighted by atomic mass is 19.1. The van der Waals surface area contributed by atoms with Gasteiger partial charge in [0.1, 0.15) is 11.6 Å². The molecule has 0 aliphatic rings. The first-order valence-electron chi connectivity index (χ1n) is 6.19. The molecule has 0 bridgehead atoms. The van der Waals surface area contributed by atoms with Crippen LogP contribution in [0.3, 0.4) is 0 Å². The van der Waals surface area contributed by atoms with Gasteiger partial charge >= 0.3 is 0 Å². The molecule has 104 valence electrons. The van der Waals surface area contributed by atoms with Crippen LogP contribution in [0.2, 0.25) is 0 Å². The Labute approximate surface area is 117 Å². The minimum absolute atomic E-state index is 0.145. The van der Waals surface area contributed by atoms with Crippen molar-refractivity contribution in [3.05, 3.63) is 58.4 Å². The Bertz CT molecular complexity index is 680. The lowest BCUT2D eigenvalue weighted by Crippen LogP contribution is -2.09. The number of carbonyl (C=O) groups is 1. The quantitative estimate of drug-likeness (QED) is 0.689. The molecule has 0 saturated carbocycles. The fourth-order valence-electron chi connectivity index (χ4n) is 2.10. The Balaban J connectivity index is 2.59. The van der Waals surface area contributed by atoms with Crippen LogP contribution < -0.4 is 10.5 Å². The second kappa shape index (κ2) is 5.33. The molecule has 0 radical (unpaired) electrons. The molecule has 0 heterocycles. The number of nitrogen functional groups attached to an aromatic ring is 1. The number of nitrogens with two attached hydrogens (primary N) is 1. The summed E-state index contributed by atoms with van der Waals surface area (Å²) in [4.78, 5) is 12.5. The number of benzene rings is 2. The zero-order chi connectivity index (χ0) is 14.9. The largest absolute Gasteiger partial charge is 0.496 e. The van der Waals surface area contributed by atoms with E-state index in [2.05, 4.69) is 0 Å². The highest BCUT2D eigenvalue weighted by Crippen LogP contribution is 2.29. The van der Waals surface area contributed by atoms with E-state index in [-0.39, 0.29) is 17.0 Å². The van der Waals surface area contributed by atoms with Crippen molar-refractivity contribution < 1.29 is 13.9 Å². The summed E-state index contributed by atoms with van der Waals surface area (Å²) in [7, 11) is 1.51. The molecule has 0 amide bonds. The van der Waals surface area contributed by atoms with Gasteiger partial charge in [0.2, 0.25) is 0 Å². The number of aryl methyl sites for hydroxylation is 1. The second-order valence-electron chi connectivity index (χ2n) is 4.65. The van der Waals surface area contributed by atoms with Crippen LogP contribution in [0.25, 0.3) is 0 Å². The Kier molecular flexibility index (Phi) is 3.74. The van der Waals surface area contributed by atoms with Gasteiger partial charge in [-0.25, -0.2) is 4.39 Å². The van der Waals surface area contributed by atoms with Crippen molar-refractivity contribution in [3.63, 3.8) is 0 Å². The van der Waals surface area contributed by atoms with Crippen LogP contribution in [0.4, 0.5) is 10.1 Å². The molecule has 2 N–H and O–H groups in total. The molecule has 3 nitrogen and oxygen atoms in total. The van der Waals surface area contributed by atoms with E-state index >= 15 is 0 Å². The molecule has 0 aliphatic carbocycles. The Morgan fingerprint density at radius 1 is 1.15 bits per heavy atom. The van der Waals surface area contributed by atoms with Gasteiger partial charge in [-0.1, -0.05) is 6.07 Å². The van der Waals surface area contributed by atoms with Crippen LogP contribution in [0.15, 0.2) is 30.3 Å². The predicted octanol–water partition coefficient (Wildman–Crippen LogP) is 3.26. The van der Waals surface area contributed by atoms with E-state index in [0.717, 1.165) is 17.2 Å². The summed E-state index contributed by atoms with van der Waals surface area (Å²) in [5, 5.41) is 0. The zero-order valence-corrected chi connectivity index (χ0v) is 11.7. The maximum absolute atomic E-state index is 13.3. The number of rotatable bonds is 3. The fraction of sp³-hybridized carbons (Fsp3) is 0.188. The molecule has 0 aromatic heterocycles. The molecule has 4 heteroatoms. The van der Waals surface area contributed by atoms with Gasteiger partial charge in [-0.05, 0) is 49.2 Å². The van der Waals surface area contributed by atoms with Gasteiger partial charge in [0, 0.05) is 11.3 Å². The topological polar surface area (TPSA) is 52.3 Å². The van der Waals surface area contributed by atoms with Crippen molar-refractivity contribution in [2.75, 3.05) is 12.8 Å². The van der Waals surface area contributed by atoms with Gasteiger partial charge in [0.05, 0.1) is 12.7 Å². The van der Waals surface area contributed by atoms with E-state index in [1.165, 1.54) is 19.2 Å². The summed E-state index contributed by atoms with van der Waals surface area (Å²) in [6, 6.07) is 7.26. The van der Waals surface area contributed by atoms with Gasteiger partial charge in [-0.15, -0.1) is 0 Å². The van der Waals surface area contributed by atoms with E-state index in [1.807, 2.05) is 19.9 Å². The summed E-state index contributed by atoms with van der Waals surface area (Å²) in [6.07, 6.45) is 0. The number of halogens is 1. The Morgan fingerprint density at radius 3 is 2.50 bits per heavy atom. The monoisotopic (exact) mass is 273 g/mol. The summed E-state index contributed by atoms with van der Waals surface area (Å²) in [5.74, 6) is -0.342. The van der Waals surface area contributed by atoms with E-state index in [1.54, 1.807) is 6.07 Å². The lowest BCUT2D eigenvalue weighted by molar-refractivity contribution is 0.103. The molecule has 20 heavy (non-hydrogen) atoms. The van der Waals surface area contributed by atoms with Crippen LogP contribution in [0.1, 0.15) is 27.0 Å². The van der Waals surface area contributed by atoms with Crippen molar-refractivity contribution in [2.24, 2.45) is 0 Å². The first kappa shape index (κ1) is 14.1. The van der Waals surface area contributed by atoms with Gasteiger partial charge in [-0.3, -0.25) is 4.79 Å². The molecule has 0 aliphatic heterocycles. The van der Waals surface area contributed by atoms with Crippen LogP contribution in [0, 0.1) is 19.7 Å². The second-order valence-corrected chi connectivity index (χ2v) is 4.65. The molecule has 0 saturated heterocycles. The van der Waals surface area contributed by atoms with Gasteiger partial charge in [0.15, 0.2) is 5.78 Å². The highest BCUT2D eigenvalue weighted by Gasteiger charge is 2.19. The number of carbonyl (C=O) groups excluding carboxylic acids is 1. The summed E-state index contributed by atoms with van der Waals surface area (Å²) < 4.78 is 18.6. The third-order valence-electron chi connectivity index (χ3n) is 3.39. The standard InChI is InChI=1S/C16H16FNO2/c1-9-4-6-12(16(20-3)10(9)2)15(19)13-8-11(17)5-7-14(13)18/h4-8H,18H2,1-3H3. The van der Waals surface area contributed by atoms with Crippen LogP contribution in [-0.4, -0.2) is 12.9 Å². The maximum atomic E-state index is 13.3. The van der Waals surface area contributed by atoms with Crippen molar-refractivity contribution in [2.45, 2.75) is 13.8 Å². The zero-order valence-electron chi connectivity index (χ0n) is 11.7. The van der Waals surface area contributed by atoms with Crippen molar-refractivity contribution in [1.29, 1.82) is 0 Å². The number of hydrogen-bond acceptors (Lipinski definition) is 3. The number of anilines is 1. The molecule has 2 aromatic carbocycles. The van der Waals surface area contributed by atoms with Crippen LogP contribution in [0.5, 0.6) is 5.75 Å². The van der Waals surface area contributed by atoms with Crippen molar-refractivity contribution in [1.82, 2.24) is 0 Å². The lowest BCUT2D eigenvalue weighted by Gasteiger charge is -2.13. The van der Waals surface area contributed by atoms with Gasteiger partial charge in [-0.2, -0.15) is 0 Å². The smallest absolute Gasteiger partial charge is 0.198 e. The average Bonchev–Trinajstić information content (AvgIpc) is 2.43. The van der Waals surface area contributed by atoms with Crippen LogP contribution in [-0.2, 0) is 0 Å². The van der Waals surface area contributed by atoms with Crippen LogP contribution >= 0.6 is 0 Å².